The summed E-state index contributed by atoms with van der Waals surface area (Å²) in [6, 6.07) is 0.733. The highest BCUT2D eigenvalue weighted by Gasteiger charge is 2.29. The van der Waals surface area contributed by atoms with Gasteiger partial charge in [-0.05, 0) is 30.7 Å². The fraction of sp³-hybridized carbons (Fsp3) is 1.00. The Bertz CT molecular complexity index is 134. The van der Waals surface area contributed by atoms with Crippen LogP contribution in [0.3, 0.4) is 0 Å². The largest absolute Gasteiger partial charge is 0.313 e. The van der Waals surface area contributed by atoms with E-state index in [1.54, 1.807) is 0 Å². The van der Waals surface area contributed by atoms with Crippen LogP contribution >= 0.6 is 0 Å². The molecule has 1 heterocycles. The van der Waals surface area contributed by atoms with E-state index >= 15 is 0 Å². The van der Waals surface area contributed by atoms with E-state index in [2.05, 4.69) is 33.0 Å². The maximum Gasteiger partial charge on any atom is 0.0118 e. The van der Waals surface area contributed by atoms with Gasteiger partial charge in [0.05, 0.1) is 0 Å². The van der Waals surface area contributed by atoms with Crippen molar-refractivity contribution in [2.24, 2.45) is 11.3 Å². The summed E-state index contributed by atoms with van der Waals surface area (Å²) in [6.07, 6.45) is 4.11. The van der Waals surface area contributed by atoms with Gasteiger partial charge >= 0.3 is 0 Å². The van der Waals surface area contributed by atoms with Gasteiger partial charge in [0, 0.05) is 6.04 Å². The number of hydrogen-bond donors (Lipinski definition) is 1. The van der Waals surface area contributed by atoms with Crippen LogP contribution in [-0.4, -0.2) is 12.6 Å². The first-order chi connectivity index (χ1) is 5.54. The molecule has 0 amide bonds. The summed E-state index contributed by atoms with van der Waals surface area (Å²) in [5, 5.41) is 3.62. The minimum atomic E-state index is 0.438. The molecule has 0 bridgehead atoms. The maximum absolute atomic E-state index is 3.62. The molecule has 1 heteroatoms. The van der Waals surface area contributed by atoms with Crippen LogP contribution in [0.15, 0.2) is 0 Å². The molecular formula is C11H23N. The minimum absolute atomic E-state index is 0.438. The lowest BCUT2D eigenvalue weighted by Gasteiger charge is -2.38. The standard InChI is InChI=1S/C11H23N/c1-5-9-6-7-12-10(8-9)11(2,3)4/h9-10,12H,5-8H2,1-4H3. The van der Waals surface area contributed by atoms with Gasteiger partial charge in [0.15, 0.2) is 0 Å². The zero-order valence-electron chi connectivity index (χ0n) is 8.98. The van der Waals surface area contributed by atoms with Crippen LogP contribution in [0.25, 0.3) is 0 Å². The second-order valence-electron chi connectivity index (χ2n) is 5.17. The zero-order valence-corrected chi connectivity index (χ0v) is 8.98. The quantitative estimate of drug-likeness (QED) is 0.636. The van der Waals surface area contributed by atoms with E-state index in [0.717, 1.165) is 12.0 Å². The molecule has 12 heavy (non-hydrogen) atoms. The van der Waals surface area contributed by atoms with Gasteiger partial charge in [-0.1, -0.05) is 34.1 Å². The molecule has 1 aliphatic rings. The van der Waals surface area contributed by atoms with E-state index in [4.69, 9.17) is 0 Å². The Kier molecular flexibility index (Phi) is 3.16. The Morgan fingerprint density at radius 2 is 2.00 bits per heavy atom. The molecule has 0 saturated carbocycles. The lowest BCUT2D eigenvalue weighted by molar-refractivity contribution is 0.182. The van der Waals surface area contributed by atoms with Gasteiger partial charge in [0.2, 0.25) is 0 Å². The van der Waals surface area contributed by atoms with Crippen molar-refractivity contribution in [3.63, 3.8) is 0 Å². The smallest absolute Gasteiger partial charge is 0.0118 e. The van der Waals surface area contributed by atoms with Crippen molar-refractivity contribution in [1.29, 1.82) is 0 Å². The minimum Gasteiger partial charge on any atom is -0.313 e. The molecule has 0 aromatic rings. The predicted octanol–water partition coefficient (Wildman–Crippen LogP) is 2.81. The predicted molar refractivity (Wildman–Crippen MR) is 54.3 cm³/mol. The molecule has 1 fully saturated rings. The molecule has 0 spiro atoms. The molecule has 0 radical (unpaired) electrons. The summed E-state index contributed by atoms with van der Waals surface area (Å²) in [5.74, 6) is 0.968. The summed E-state index contributed by atoms with van der Waals surface area (Å²) < 4.78 is 0. The third-order valence-electron chi connectivity index (χ3n) is 3.14. The van der Waals surface area contributed by atoms with Crippen molar-refractivity contribution in [1.82, 2.24) is 5.32 Å². The van der Waals surface area contributed by atoms with Crippen molar-refractivity contribution in [3.8, 4) is 0 Å². The summed E-state index contributed by atoms with van der Waals surface area (Å²) >= 11 is 0. The molecule has 1 rings (SSSR count). The van der Waals surface area contributed by atoms with Gasteiger partial charge in [-0.25, -0.2) is 0 Å². The molecule has 1 aliphatic heterocycles. The summed E-state index contributed by atoms with van der Waals surface area (Å²) in [5.41, 5.74) is 0.438. The highest BCUT2D eigenvalue weighted by molar-refractivity contribution is 4.86. The average Bonchev–Trinajstić information content (AvgIpc) is 2.03. The van der Waals surface area contributed by atoms with Crippen LogP contribution < -0.4 is 5.32 Å². The summed E-state index contributed by atoms with van der Waals surface area (Å²) in [6.45, 7) is 10.5. The summed E-state index contributed by atoms with van der Waals surface area (Å²) in [4.78, 5) is 0. The number of nitrogens with one attached hydrogen (secondary N) is 1. The second kappa shape index (κ2) is 3.78. The molecule has 1 nitrogen and oxygen atoms in total. The van der Waals surface area contributed by atoms with Crippen LogP contribution in [-0.2, 0) is 0 Å². The highest BCUT2D eigenvalue weighted by Crippen LogP contribution is 2.29. The molecule has 0 aromatic carbocycles. The van der Waals surface area contributed by atoms with E-state index in [9.17, 15) is 0 Å². The molecule has 72 valence electrons. The van der Waals surface area contributed by atoms with Crippen LogP contribution in [0.1, 0.15) is 47.0 Å². The third kappa shape index (κ3) is 2.48. The lowest BCUT2D eigenvalue weighted by atomic mass is 9.77. The topological polar surface area (TPSA) is 12.0 Å². The highest BCUT2D eigenvalue weighted by atomic mass is 14.9. The fourth-order valence-corrected chi connectivity index (χ4v) is 2.03. The van der Waals surface area contributed by atoms with Crippen molar-refractivity contribution in [2.45, 2.75) is 53.0 Å². The molecule has 1 N–H and O–H groups in total. The number of rotatable bonds is 1. The SMILES string of the molecule is CCC1CCNC(C(C)(C)C)C1. The van der Waals surface area contributed by atoms with Gasteiger partial charge in [-0.3, -0.25) is 0 Å². The first kappa shape index (κ1) is 10.0. The van der Waals surface area contributed by atoms with Crippen molar-refractivity contribution in [2.75, 3.05) is 6.54 Å². The maximum atomic E-state index is 3.62. The van der Waals surface area contributed by atoms with Crippen molar-refractivity contribution in [3.05, 3.63) is 0 Å². The van der Waals surface area contributed by atoms with E-state index < -0.39 is 0 Å². The van der Waals surface area contributed by atoms with Gasteiger partial charge in [-0.15, -0.1) is 0 Å². The zero-order chi connectivity index (χ0) is 9.19. The Morgan fingerprint density at radius 3 is 2.50 bits per heavy atom. The monoisotopic (exact) mass is 169 g/mol. The van der Waals surface area contributed by atoms with Crippen LogP contribution in [0, 0.1) is 11.3 Å². The van der Waals surface area contributed by atoms with Crippen LogP contribution in [0.2, 0.25) is 0 Å². The Labute approximate surface area is 76.9 Å². The van der Waals surface area contributed by atoms with E-state index in [-0.39, 0.29) is 0 Å². The van der Waals surface area contributed by atoms with E-state index in [1.807, 2.05) is 0 Å². The first-order valence-corrected chi connectivity index (χ1v) is 5.27. The molecule has 0 aromatic heterocycles. The average molecular weight is 169 g/mol. The third-order valence-corrected chi connectivity index (χ3v) is 3.14. The fourth-order valence-electron chi connectivity index (χ4n) is 2.03. The van der Waals surface area contributed by atoms with Crippen molar-refractivity contribution < 1.29 is 0 Å². The molecule has 2 atom stereocenters. The summed E-state index contributed by atoms with van der Waals surface area (Å²) in [7, 11) is 0. The van der Waals surface area contributed by atoms with Crippen LogP contribution in [0.5, 0.6) is 0 Å². The molecule has 1 saturated heterocycles. The van der Waals surface area contributed by atoms with Gasteiger partial charge in [0.25, 0.3) is 0 Å². The van der Waals surface area contributed by atoms with E-state index in [0.29, 0.717) is 5.41 Å². The molecule has 2 unspecified atom stereocenters. The van der Waals surface area contributed by atoms with Crippen LogP contribution in [0.4, 0.5) is 0 Å². The van der Waals surface area contributed by atoms with Gasteiger partial charge < -0.3 is 5.32 Å². The Morgan fingerprint density at radius 1 is 1.33 bits per heavy atom. The number of piperidine rings is 1. The van der Waals surface area contributed by atoms with E-state index in [1.165, 1.54) is 25.8 Å². The normalized spacial score (nSPS) is 32.0. The first-order valence-electron chi connectivity index (χ1n) is 5.27. The Balaban J connectivity index is 2.46. The molecule has 0 aliphatic carbocycles. The second-order valence-corrected chi connectivity index (χ2v) is 5.17. The van der Waals surface area contributed by atoms with Gasteiger partial charge in [-0.2, -0.15) is 0 Å². The number of hydrogen-bond acceptors (Lipinski definition) is 1. The van der Waals surface area contributed by atoms with Gasteiger partial charge in [0.1, 0.15) is 0 Å². The molecular weight excluding hydrogens is 146 g/mol. The Hall–Kier alpha value is -0.0400. The lowest BCUT2D eigenvalue weighted by Crippen LogP contribution is -2.46. The van der Waals surface area contributed by atoms with Crippen molar-refractivity contribution >= 4 is 0 Å².